The summed E-state index contributed by atoms with van der Waals surface area (Å²) in [6.45, 7) is 3.20. The molecule has 1 fully saturated rings. The Morgan fingerprint density at radius 2 is 2.00 bits per heavy atom. The van der Waals surface area contributed by atoms with Crippen molar-refractivity contribution < 1.29 is 23.8 Å². The normalized spacial score (nSPS) is 18.2. The third kappa shape index (κ3) is 7.67. The summed E-state index contributed by atoms with van der Waals surface area (Å²) in [7, 11) is 0. The van der Waals surface area contributed by atoms with Gasteiger partial charge in [0.1, 0.15) is 11.6 Å². The van der Waals surface area contributed by atoms with Crippen molar-refractivity contribution >= 4 is 40.2 Å². The van der Waals surface area contributed by atoms with Crippen LogP contribution in [-0.4, -0.2) is 51.9 Å². The molecule has 0 atom stereocenters. The molecule has 0 saturated heterocycles. The van der Waals surface area contributed by atoms with Gasteiger partial charge in [-0.15, -0.1) is 11.8 Å². The molecule has 3 rings (SSSR count). The minimum Gasteiger partial charge on any atom is -0.494 e. The Labute approximate surface area is 195 Å². The summed E-state index contributed by atoms with van der Waals surface area (Å²) >= 11 is 2.45. The maximum Gasteiger partial charge on any atom is 0.323 e. The summed E-state index contributed by atoms with van der Waals surface area (Å²) in [5.74, 6) is 0.0255. The smallest absolute Gasteiger partial charge is 0.323 e. The van der Waals surface area contributed by atoms with Crippen molar-refractivity contribution in [3.63, 3.8) is 0 Å². The van der Waals surface area contributed by atoms with E-state index in [0.29, 0.717) is 36.4 Å². The van der Waals surface area contributed by atoms with Crippen LogP contribution in [0.2, 0.25) is 0 Å². The standard InChI is InChI=1S/C22H28FN3O4S2/c1-15-3-7-17(8-4-15)26(11-2-12-30-18-9-5-16(23)6-10-18)22(29)25-21-24-13-20(32-21)31-14-19(27)28/h5-6,9-10,13,15,17H,2-4,7-8,11-12,14H2,1H3,(H,27,28)(H,24,25,29)/t15-,17-. The van der Waals surface area contributed by atoms with Crippen LogP contribution in [0.15, 0.2) is 34.7 Å². The van der Waals surface area contributed by atoms with E-state index in [2.05, 4.69) is 17.2 Å². The molecular weight excluding hydrogens is 453 g/mol. The van der Waals surface area contributed by atoms with E-state index in [9.17, 15) is 14.0 Å². The number of nitrogens with one attached hydrogen (secondary N) is 1. The van der Waals surface area contributed by atoms with Gasteiger partial charge in [0.2, 0.25) is 0 Å². The fourth-order valence-electron chi connectivity index (χ4n) is 3.64. The molecule has 0 spiro atoms. The Bertz CT molecular complexity index is 886. The molecule has 1 aromatic carbocycles. The fourth-order valence-corrected chi connectivity index (χ4v) is 5.22. The van der Waals surface area contributed by atoms with Crippen LogP contribution in [0.3, 0.4) is 0 Å². The van der Waals surface area contributed by atoms with Crippen molar-refractivity contribution in [3.05, 3.63) is 36.3 Å². The molecule has 0 aliphatic heterocycles. The first-order valence-electron chi connectivity index (χ1n) is 10.7. The first kappa shape index (κ1) is 24.3. The molecule has 0 bridgehead atoms. The number of thiazole rings is 1. The Kier molecular flexibility index (Phi) is 9.16. The third-order valence-electron chi connectivity index (χ3n) is 5.35. The van der Waals surface area contributed by atoms with E-state index >= 15 is 0 Å². The number of anilines is 1. The van der Waals surface area contributed by atoms with E-state index in [0.717, 1.165) is 29.9 Å². The second-order valence-corrected chi connectivity index (χ2v) is 10.2. The van der Waals surface area contributed by atoms with Gasteiger partial charge in [-0.1, -0.05) is 18.3 Å². The van der Waals surface area contributed by atoms with Gasteiger partial charge in [-0.25, -0.2) is 14.2 Å². The molecule has 1 heterocycles. The molecule has 2 N–H and O–H groups in total. The molecule has 7 nitrogen and oxygen atoms in total. The second-order valence-electron chi connectivity index (χ2n) is 7.86. The van der Waals surface area contributed by atoms with Crippen molar-refractivity contribution in [2.45, 2.75) is 49.3 Å². The van der Waals surface area contributed by atoms with Crippen LogP contribution in [0.1, 0.15) is 39.0 Å². The van der Waals surface area contributed by atoms with E-state index in [1.165, 1.54) is 35.2 Å². The molecule has 1 saturated carbocycles. The minimum atomic E-state index is -0.894. The van der Waals surface area contributed by atoms with Crippen LogP contribution in [-0.2, 0) is 4.79 Å². The molecule has 0 unspecified atom stereocenters. The number of ether oxygens (including phenoxy) is 1. The van der Waals surface area contributed by atoms with Gasteiger partial charge in [0.15, 0.2) is 5.13 Å². The third-order valence-corrected chi connectivity index (χ3v) is 7.44. The minimum absolute atomic E-state index is 0.0456. The quantitative estimate of drug-likeness (QED) is 0.352. The molecule has 0 radical (unpaired) electrons. The van der Waals surface area contributed by atoms with E-state index in [1.54, 1.807) is 18.3 Å². The molecule has 1 aromatic heterocycles. The topological polar surface area (TPSA) is 91.8 Å². The van der Waals surface area contributed by atoms with Gasteiger partial charge in [-0.3, -0.25) is 10.1 Å². The molecule has 174 valence electrons. The van der Waals surface area contributed by atoms with E-state index in [4.69, 9.17) is 9.84 Å². The van der Waals surface area contributed by atoms with Crippen molar-refractivity contribution in [1.82, 2.24) is 9.88 Å². The average Bonchev–Trinajstić information content (AvgIpc) is 3.21. The van der Waals surface area contributed by atoms with Crippen LogP contribution >= 0.6 is 23.1 Å². The van der Waals surface area contributed by atoms with Gasteiger partial charge in [0.05, 0.1) is 22.8 Å². The van der Waals surface area contributed by atoms with Crippen molar-refractivity contribution in [1.29, 1.82) is 0 Å². The predicted molar refractivity (Wildman–Crippen MR) is 124 cm³/mol. The van der Waals surface area contributed by atoms with Crippen LogP contribution in [0.4, 0.5) is 14.3 Å². The number of carbonyl (C=O) groups excluding carboxylic acids is 1. The van der Waals surface area contributed by atoms with E-state index < -0.39 is 5.97 Å². The summed E-state index contributed by atoms with van der Waals surface area (Å²) in [4.78, 5) is 29.9. The number of carbonyl (C=O) groups is 2. The molecule has 10 heteroatoms. The summed E-state index contributed by atoms with van der Waals surface area (Å²) in [6, 6.07) is 5.86. The highest BCUT2D eigenvalue weighted by Crippen LogP contribution is 2.30. The molecule has 32 heavy (non-hydrogen) atoms. The van der Waals surface area contributed by atoms with Gasteiger partial charge in [-0.2, -0.15) is 0 Å². The van der Waals surface area contributed by atoms with Crippen LogP contribution in [0.5, 0.6) is 5.75 Å². The zero-order valence-corrected chi connectivity index (χ0v) is 19.6. The van der Waals surface area contributed by atoms with Crippen LogP contribution < -0.4 is 10.1 Å². The summed E-state index contributed by atoms with van der Waals surface area (Å²) in [6.07, 6.45) is 6.34. The van der Waals surface area contributed by atoms with E-state index in [1.807, 2.05) is 4.90 Å². The largest absolute Gasteiger partial charge is 0.494 e. The maximum atomic E-state index is 13.1. The number of halogens is 1. The number of hydrogen-bond acceptors (Lipinski definition) is 6. The monoisotopic (exact) mass is 481 g/mol. The number of benzene rings is 1. The molecular formula is C22H28FN3O4S2. The lowest BCUT2D eigenvalue weighted by molar-refractivity contribution is -0.133. The number of amides is 2. The average molecular weight is 482 g/mol. The van der Waals surface area contributed by atoms with Crippen molar-refractivity contribution in [2.75, 3.05) is 24.2 Å². The van der Waals surface area contributed by atoms with Gasteiger partial charge in [0, 0.05) is 12.6 Å². The summed E-state index contributed by atoms with van der Waals surface area (Å²) in [5.41, 5.74) is 0. The number of carboxylic acid groups (broad SMARTS) is 1. The number of hydrogen-bond donors (Lipinski definition) is 2. The van der Waals surface area contributed by atoms with Crippen molar-refractivity contribution in [3.8, 4) is 5.75 Å². The fraction of sp³-hybridized carbons (Fsp3) is 0.500. The second kappa shape index (κ2) is 12.1. The van der Waals surface area contributed by atoms with Gasteiger partial charge in [-0.05, 0) is 62.3 Å². The number of nitrogens with zero attached hydrogens (tertiary/aromatic N) is 2. The zero-order valence-electron chi connectivity index (χ0n) is 18.0. The first-order valence-corrected chi connectivity index (χ1v) is 12.5. The van der Waals surface area contributed by atoms with Crippen molar-refractivity contribution in [2.24, 2.45) is 5.92 Å². The number of rotatable bonds is 10. The maximum absolute atomic E-state index is 13.1. The molecule has 1 aliphatic carbocycles. The van der Waals surface area contributed by atoms with Gasteiger partial charge < -0.3 is 14.7 Å². The Morgan fingerprint density at radius 1 is 1.28 bits per heavy atom. The number of urea groups is 1. The van der Waals surface area contributed by atoms with Crippen LogP contribution in [0, 0.1) is 11.7 Å². The number of carboxylic acids is 1. The summed E-state index contributed by atoms with van der Waals surface area (Å²) < 4.78 is 19.4. The highest BCUT2D eigenvalue weighted by Gasteiger charge is 2.28. The zero-order chi connectivity index (χ0) is 22.9. The number of thioether (sulfide) groups is 1. The Hall–Kier alpha value is -2.33. The van der Waals surface area contributed by atoms with Gasteiger partial charge >= 0.3 is 12.0 Å². The SMILES string of the molecule is C[C@H]1CC[C@H](N(CCCOc2ccc(F)cc2)C(=O)Nc2ncc(SCC(=O)O)s2)CC1. The number of aromatic nitrogens is 1. The van der Waals surface area contributed by atoms with Gasteiger partial charge in [0.25, 0.3) is 0 Å². The molecule has 1 aliphatic rings. The molecule has 2 amide bonds. The van der Waals surface area contributed by atoms with E-state index in [-0.39, 0.29) is 23.6 Å². The lowest BCUT2D eigenvalue weighted by Crippen LogP contribution is -2.45. The Morgan fingerprint density at radius 3 is 2.69 bits per heavy atom. The molecule has 2 aromatic rings. The lowest BCUT2D eigenvalue weighted by Gasteiger charge is -2.36. The summed E-state index contributed by atoms with van der Waals surface area (Å²) in [5, 5.41) is 12.1. The van der Waals surface area contributed by atoms with Crippen LogP contribution in [0.25, 0.3) is 0 Å². The highest BCUT2D eigenvalue weighted by molar-refractivity contribution is 8.01. The predicted octanol–water partition coefficient (Wildman–Crippen LogP) is 5.34. The highest BCUT2D eigenvalue weighted by atomic mass is 32.2. The number of aliphatic carboxylic acids is 1. The Balaban J connectivity index is 1.55. The lowest BCUT2D eigenvalue weighted by atomic mass is 9.86. The first-order chi connectivity index (χ1) is 15.4.